The minimum Gasteiger partial charge on any atom is -0.455 e. The number of pyridine rings is 1. The van der Waals surface area contributed by atoms with Gasteiger partial charge in [0.2, 0.25) is 0 Å². The van der Waals surface area contributed by atoms with Crippen LogP contribution in [0.15, 0.2) is 42.6 Å². The molecular formula is C17H22N2O. The van der Waals surface area contributed by atoms with E-state index >= 15 is 0 Å². The maximum Gasteiger partial charge on any atom is 0.145 e. The Morgan fingerprint density at radius 3 is 2.60 bits per heavy atom. The Hall–Kier alpha value is -1.87. The minimum atomic E-state index is 0.314. The molecule has 0 saturated heterocycles. The smallest absolute Gasteiger partial charge is 0.145 e. The summed E-state index contributed by atoms with van der Waals surface area (Å²) < 4.78 is 5.99. The van der Waals surface area contributed by atoms with Crippen LogP contribution in [0, 0.1) is 6.92 Å². The summed E-state index contributed by atoms with van der Waals surface area (Å²) in [5, 5.41) is 3.49. The molecular weight excluding hydrogens is 248 g/mol. The summed E-state index contributed by atoms with van der Waals surface area (Å²) in [6, 6.07) is 12.4. The Morgan fingerprint density at radius 2 is 1.95 bits per heavy atom. The summed E-state index contributed by atoms with van der Waals surface area (Å²) in [7, 11) is 0. The molecule has 2 rings (SSSR count). The molecule has 1 heterocycles. The van der Waals surface area contributed by atoms with Gasteiger partial charge in [-0.25, -0.2) is 0 Å². The van der Waals surface area contributed by atoms with Crippen molar-refractivity contribution in [2.75, 3.05) is 6.54 Å². The molecule has 0 fully saturated rings. The van der Waals surface area contributed by atoms with Crippen molar-refractivity contribution < 1.29 is 4.74 Å². The van der Waals surface area contributed by atoms with Gasteiger partial charge in [-0.05, 0) is 38.1 Å². The van der Waals surface area contributed by atoms with E-state index in [1.165, 1.54) is 5.56 Å². The molecule has 3 heteroatoms. The van der Waals surface area contributed by atoms with Gasteiger partial charge in [-0.1, -0.05) is 32.0 Å². The molecule has 2 aromatic rings. The minimum absolute atomic E-state index is 0.314. The Labute approximate surface area is 121 Å². The van der Waals surface area contributed by atoms with Crippen LogP contribution in [0.4, 0.5) is 0 Å². The van der Waals surface area contributed by atoms with Crippen LogP contribution >= 0.6 is 0 Å². The first-order valence-electron chi connectivity index (χ1n) is 7.17. The molecule has 0 aliphatic rings. The molecule has 3 nitrogen and oxygen atoms in total. The normalized spacial score (nSPS) is 12.2. The van der Waals surface area contributed by atoms with Crippen molar-refractivity contribution in [3.8, 4) is 11.5 Å². The number of nitrogens with zero attached hydrogens (tertiary/aromatic N) is 1. The number of para-hydroxylation sites is 1. The predicted molar refractivity (Wildman–Crippen MR) is 82.2 cm³/mol. The highest BCUT2D eigenvalue weighted by Gasteiger charge is 2.13. The number of hydrogen-bond donors (Lipinski definition) is 1. The molecule has 1 N–H and O–H groups in total. The molecule has 1 atom stereocenters. The van der Waals surface area contributed by atoms with E-state index < -0.39 is 0 Å². The van der Waals surface area contributed by atoms with Gasteiger partial charge in [0.15, 0.2) is 0 Å². The first kappa shape index (κ1) is 14.5. The van der Waals surface area contributed by atoms with E-state index in [4.69, 9.17) is 4.74 Å². The van der Waals surface area contributed by atoms with Crippen LogP contribution in [0.2, 0.25) is 0 Å². The third kappa shape index (κ3) is 3.58. The van der Waals surface area contributed by atoms with Crippen LogP contribution in [0.3, 0.4) is 0 Å². The summed E-state index contributed by atoms with van der Waals surface area (Å²) in [6.07, 6.45) is 2.79. The molecule has 0 aliphatic carbocycles. The van der Waals surface area contributed by atoms with Gasteiger partial charge in [0.05, 0.1) is 6.20 Å². The highest BCUT2D eigenvalue weighted by molar-refractivity contribution is 5.39. The van der Waals surface area contributed by atoms with E-state index in [1.807, 2.05) is 31.2 Å². The van der Waals surface area contributed by atoms with Crippen molar-refractivity contribution in [3.05, 3.63) is 53.9 Å². The van der Waals surface area contributed by atoms with Crippen molar-refractivity contribution in [2.24, 2.45) is 0 Å². The van der Waals surface area contributed by atoms with Crippen molar-refractivity contribution >= 4 is 0 Å². The third-order valence-corrected chi connectivity index (χ3v) is 3.27. The molecule has 1 unspecified atom stereocenters. The van der Waals surface area contributed by atoms with Crippen molar-refractivity contribution in [2.45, 2.75) is 33.2 Å². The molecule has 1 aromatic heterocycles. The molecule has 0 saturated carbocycles. The second-order valence-electron chi connectivity index (χ2n) is 4.79. The van der Waals surface area contributed by atoms with Gasteiger partial charge in [0, 0.05) is 17.3 Å². The fourth-order valence-electron chi connectivity index (χ4n) is 2.22. The predicted octanol–water partition coefficient (Wildman–Crippen LogP) is 4.24. The van der Waals surface area contributed by atoms with Gasteiger partial charge in [-0.3, -0.25) is 4.98 Å². The van der Waals surface area contributed by atoms with E-state index in [1.54, 1.807) is 6.20 Å². The fraction of sp³-hybridized carbons (Fsp3) is 0.353. The number of hydrogen-bond acceptors (Lipinski definition) is 3. The highest BCUT2D eigenvalue weighted by atomic mass is 16.5. The molecule has 20 heavy (non-hydrogen) atoms. The van der Waals surface area contributed by atoms with E-state index in [0.717, 1.165) is 30.2 Å². The Morgan fingerprint density at radius 1 is 1.15 bits per heavy atom. The summed E-state index contributed by atoms with van der Waals surface area (Å²) >= 11 is 0. The zero-order valence-corrected chi connectivity index (χ0v) is 12.4. The topological polar surface area (TPSA) is 34.1 Å². The summed E-state index contributed by atoms with van der Waals surface area (Å²) in [5.41, 5.74) is 2.18. The Bertz CT molecular complexity index is 537. The first-order chi connectivity index (χ1) is 9.74. The fourth-order valence-corrected chi connectivity index (χ4v) is 2.22. The van der Waals surface area contributed by atoms with E-state index in [-0.39, 0.29) is 0 Å². The first-order valence-corrected chi connectivity index (χ1v) is 7.17. The number of ether oxygens (including phenoxy) is 1. The number of benzene rings is 1. The summed E-state index contributed by atoms with van der Waals surface area (Å²) in [6.45, 7) is 7.21. The zero-order valence-electron chi connectivity index (χ0n) is 12.4. The molecule has 0 radical (unpaired) electrons. The second-order valence-corrected chi connectivity index (χ2v) is 4.79. The molecule has 0 aliphatic heterocycles. The average molecular weight is 270 g/mol. The molecule has 1 aromatic carbocycles. The lowest BCUT2D eigenvalue weighted by atomic mass is 10.0. The SMILES string of the molecule is CCNC(CC)c1ccccc1Oc1ccc(C)nc1. The van der Waals surface area contributed by atoms with Gasteiger partial charge < -0.3 is 10.1 Å². The summed E-state index contributed by atoms with van der Waals surface area (Å²) in [5.74, 6) is 1.67. The molecule has 0 spiro atoms. The van der Waals surface area contributed by atoms with Crippen LogP contribution in [-0.4, -0.2) is 11.5 Å². The Balaban J connectivity index is 2.25. The maximum absolute atomic E-state index is 5.99. The lowest BCUT2D eigenvalue weighted by Crippen LogP contribution is -2.20. The van der Waals surface area contributed by atoms with Gasteiger partial charge in [-0.2, -0.15) is 0 Å². The van der Waals surface area contributed by atoms with Gasteiger partial charge in [0.25, 0.3) is 0 Å². The number of nitrogens with one attached hydrogen (secondary N) is 1. The van der Waals surface area contributed by atoms with Crippen molar-refractivity contribution in [1.29, 1.82) is 0 Å². The van der Waals surface area contributed by atoms with Crippen molar-refractivity contribution in [3.63, 3.8) is 0 Å². The zero-order chi connectivity index (χ0) is 14.4. The average Bonchev–Trinajstić information content (AvgIpc) is 2.48. The van der Waals surface area contributed by atoms with Crippen LogP contribution < -0.4 is 10.1 Å². The number of rotatable bonds is 6. The molecule has 106 valence electrons. The Kier molecular flexibility index (Phi) is 5.13. The lowest BCUT2D eigenvalue weighted by molar-refractivity contribution is 0.451. The van der Waals surface area contributed by atoms with Crippen LogP contribution in [0.1, 0.15) is 37.6 Å². The monoisotopic (exact) mass is 270 g/mol. The maximum atomic E-state index is 5.99. The van der Waals surface area contributed by atoms with Crippen molar-refractivity contribution in [1.82, 2.24) is 10.3 Å². The van der Waals surface area contributed by atoms with Crippen LogP contribution in [-0.2, 0) is 0 Å². The van der Waals surface area contributed by atoms with E-state index in [2.05, 4.69) is 36.3 Å². The van der Waals surface area contributed by atoms with Gasteiger partial charge in [0.1, 0.15) is 11.5 Å². The third-order valence-electron chi connectivity index (χ3n) is 3.27. The van der Waals surface area contributed by atoms with Gasteiger partial charge in [-0.15, -0.1) is 0 Å². The van der Waals surface area contributed by atoms with Gasteiger partial charge >= 0.3 is 0 Å². The van der Waals surface area contributed by atoms with Crippen LogP contribution in [0.5, 0.6) is 11.5 Å². The standard InChI is InChI=1S/C17H22N2O/c1-4-16(18-5-2)15-8-6-7-9-17(15)20-14-11-10-13(3)19-12-14/h6-12,16,18H,4-5H2,1-3H3. The number of aryl methyl sites for hydroxylation is 1. The second kappa shape index (κ2) is 7.06. The summed E-state index contributed by atoms with van der Waals surface area (Å²) in [4.78, 5) is 4.27. The largest absolute Gasteiger partial charge is 0.455 e. The van der Waals surface area contributed by atoms with E-state index in [9.17, 15) is 0 Å². The molecule has 0 bridgehead atoms. The van der Waals surface area contributed by atoms with E-state index in [0.29, 0.717) is 6.04 Å². The number of aromatic nitrogens is 1. The molecule has 0 amide bonds. The van der Waals surface area contributed by atoms with Crippen LogP contribution in [0.25, 0.3) is 0 Å². The highest BCUT2D eigenvalue weighted by Crippen LogP contribution is 2.30. The quantitative estimate of drug-likeness (QED) is 0.852. The lowest BCUT2D eigenvalue weighted by Gasteiger charge is -2.19.